The number of nitrogens with zero attached hydrogens (tertiary/aromatic N) is 2. The van der Waals surface area contributed by atoms with E-state index in [4.69, 9.17) is 16.0 Å². The number of oxazole rings is 1. The maximum absolute atomic E-state index is 6.18. The van der Waals surface area contributed by atoms with Gasteiger partial charge in [-0.05, 0) is 55.0 Å². The first-order valence-electron chi connectivity index (χ1n) is 7.02. The van der Waals surface area contributed by atoms with E-state index >= 15 is 0 Å². The summed E-state index contributed by atoms with van der Waals surface area (Å²) in [4.78, 5) is 4.62. The molecule has 0 saturated heterocycles. The lowest BCUT2D eigenvalue weighted by atomic mass is 10.1. The van der Waals surface area contributed by atoms with Gasteiger partial charge in [-0.15, -0.1) is 0 Å². The molecule has 2 heterocycles. The quantitative estimate of drug-likeness (QED) is 0.506. The fraction of sp³-hybridized carbons (Fsp3) is 0.0556. The number of aromatic nitrogens is 2. The molecule has 0 N–H and O–H groups in total. The second-order valence-electron chi connectivity index (χ2n) is 5.17. The molecule has 0 spiro atoms. The summed E-state index contributed by atoms with van der Waals surface area (Å²) in [6, 6.07) is 15.7. The molecule has 22 heavy (non-hydrogen) atoms. The monoisotopic (exact) mass is 308 g/mol. The van der Waals surface area contributed by atoms with Crippen molar-refractivity contribution >= 4 is 22.7 Å². The smallest absolute Gasteiger partial charge is 0.227 e. The lowest BCUT2D eigenvalue weighted by Crippen LogP contribution is -1.88. The van der Waals surface area contributed by atoms with Crippen LogP contribution >= 0.6 is 11.6 Å². The second kappa shape index (κ2) is 5.04. The van der Waals surface area contributed by atoms with Crippen molar-refractivity contribution in [3.63, 3.8) is 0 Å². The van der Waals surface area contributed by atoms with Crippen molar-refractivity contribution in [1.29, 1.82) is 0 Å². The van der Waals surface area contributed by atoms with Crippen LogP contribution in [0.25, 0.3) is 28.2 Å². The number of hydrogen-bond donors (Lipinski definition) is 0. The average molecular weight is 309 g/mol. The van der Waals surface area contributed by atoms with Crippen LogP contribution in [0.1, 0.15) is 5.56 Å². The Labute approximate surface area is 132 Å². The number of hydrogen-bond acceptors (Lipinski definition) is 2. The Morgan fingerprint density at radius 2 is 1.86 bits per heavy atom. The van der Waals surface area contributed by atoms with Crippen molar-refractivity contribution in [2.45, 2.75) is 6.92 Å². The molecule has 4 rings (SSSR count). The number of rotatable bonds is 2. The summed E-state index contributed by atoms with van der Waals surface area (Å²) in [5.41, 5.74) is 4.55. The van der Waals surface area contributed by atoms with Crippen molar-refractivity contribution in [3.05, 3.63) is 71.5 Å². The van der Waals surface area contributed by atoms with E-state index in [9.17, 15) is 0 Å². The highest BCUT2D eigenvalue weighted by Crippen LogP contribution is 2.30. The van der Waals surface area contributed by atoms with Crippen LogP contribution < -0.4 is 0 Å². The third kappa shape index (κ3) is 2.11. The van der Waals surface area contributed by atoms with Crippen molar-refractivity contribution in [1.82, 2.24) is 9.55 Å². The molecule has 0 bridgehead atoms. The summed E-state index contributed by atoms with van der Waals surface area (Å²) < 4.78 is 7.92. The van der Waals surface area contributed by atoms with E-state index in [1.54, 1.807) is 0 Å². The van der Waals surface area contributed by atoms with Crippen LogP contribution in [0.3, 0.4) is 0 Å². The highest BCUT2D eigenvalue weighted by molar-refractivity contribution is 6.31. The predicted molar refractivity (Wildman–Crippen MR) is 88.5 cm³/mol. The molecule has 0 aliphatic carbocycles. The number of halogens is 1. The van der Waals surface area contributed by atoms with Gasteiger partial charge < -0.3 is 8.98 Å². The summed E-state index contributed by atoms with van der Waals surface area (Å²) in [6.07, 6.45) is 4.01. The van der Waals surface area contributed by atoms with E-state index in [2.05, 4.69) is 4.98 Å². The van der Waals surface area contributed by atoms with Crippen LogP contribution in [0.2, 0.25) is 5.02 Å². The molecule has 4 aromatic rings. The van der Waals surface area contributed by atoms with Gasteiger partial charge in [-0.25, -0.2) is 4.98 Å². The van der Waals surface area contributed by atoms with Crippen molar-refractivity contribution in [2.75, 3.05) is 0 Å². The molecule has 4 heteroatoms. The van der Waals surface area contributed by atoms with Crippen molar-refractivity contribution < 1.29 is 4.42 Å². The van der Waals surface area contributed by atoms with Crippen LogP contribution in [-0.2, 0) is 0 Å². The van der Waals surface area contributed by atoms with Crippen molar-refractivity contribution in [3.8, 4) is 17.1 Å². The maximum atomic E-state index is 6.18. The highest BCUT2D eigenvalue weighted by Gasteiger charge is 2.12. The second-order valence-corrected chi connectivity index (χ2v) is 5.58. The zero-order valence-electron chi connectivity index (χ0n) is 12.0. The summed E-state index contributed by atoms with van der Waals surface area (Å²) in [5, 5.41) is 0.716. The summed E-state index contributed by atoms with van der Waals surface area (Å²) in [6.45, 7) is 1.97. The first-order valence-corrected chi connectivity index (χ1v) is 7.39. The molecule has 0 atom stereocenters. The molecular weight excluding hydrogens is 296 g/mol. The Morgan fingerprint density at radius 1 is 1.05 bits per heavy atom. The van der Waals surface area contributed by atoms with Crippen LogP contribution in [0, 0.1) is 6.92 Å². The van der Waals surface area contributed by atoms with E-state index in [-0.39, 0.29) is 0 Å². The Kier molecular flexibility index (Phi) is 3.01. The summed E-state index contributed by atoms with van der Waals surface area (Å²) >= 11 is 6.18. The average Bonchev–Trinajstić information content (AvgIpc) is 3.17. The third-order valence-electron chi connectivity index (χ3n) is 3.77. The first kappa shape index (κ1) is 13.2. The van der Waals surface area contributed by atoms with Gasteiger partial charge in [0.25, 0.3) is 0 Å². The normalized spacial score (nSPS) is 11.2. The Bertz CT molecular complexity index is 955. The molecule has 0 unspecified atom stereocenters. The lowest BCUT2D eigenvalue weighted by molar-refractivity contribution is 0.619. The van der Waals surface area contributed by atoms with Gasteiger partial charge in [0.1, 0.15) is 5.52 Å². The minimum Gasteiger partial charge on any atom is -0.436 e. The SMILES string of the molecule is Cc1c(Cl)cccc1-c1nc2cc(-n3cccc3)ccc2o1. The van der Waals surface area contributed by atoms with Gasteiger partial charge in [-0.2, -0.15) is 0 Å². The van der Waals surface area contributed by atoms with Crippen LogP contribution in [0.4, 0.5) is 0 Å². The van der Waals surface area contributed by atoms with Gasteiger partial charge in [-0.3, -0.25) is 0 Å². The summed E-state index contributed by atoms with van der Waals surface area (Å²) in [7, 11) is 0. The molecule has 0 amide bonds. The number of fused-ring (bicyclic) bond motifs is 1. The van der Waals surface area contributed by atoms with E-state index in [0.29, 0.717) is 10.9 Å². The van der Waals surface area contributed by atoms with Gasteiger partial charge in [0, 0.05) is 28.7 Å². The molecular formula is C18H13ClN2O. The van der Waals surface area contributed by atoms with Crippen LogP contribution in [0.5, 0.6) is 0 Å². The minimum absolute atomic E-state index is 0.597. The fourth-order valence-corrected chi connectivity index (χ4v) is 2.71. The van der Waals surface area contributed by atoms with E-state index in [1.165, 1.54) is 0 Å². The molecule has 0 saturated carbocycles. The Hall–Kier alpha value is -2.52. The highest BCUT2D eigenvalue weighted by atomic mass is 35.5. The van der Waals surface area contributed by atoms with E-state index in [0.717, 1.165) is 27.9 Å². The molecule has 0 fully saturated rings. The molecule has 108 valence electrons. The lowest BCUT2D eigenvalue weighted by Gasteiger charge is -2.02. The van der Waals surface area contributed by atoms with Gasteiger partial charge in [0.15, 0.2) is 5.58 Å². The number of benzene rings is 2. The Morgan fingerprint density at radius 3 is 2.68 bits per heavy atom. The Balaban J connectivity index is 1.86. The van der Waals surface area contributed by atoms with Gasteiger partial charge in [0.05, 0.1) is 0 Å². The molecule has 2 aromatic carbocycles. The van der Waals surface area contributed by atoms with Gasteiger partial charge in [0.2, 0.25) is 5.89 Å². The van der Waals surface area contributed by atoms with Crippen LogP contribution in [-0.4, -0.2) is 9.55 Å². The molecule has 0 aliphatic heterocycles. The zero-order chi connectivity index (χ0) is 15.1. The zero-order valence-corrected chi connectivity index (χ0v) is 12.7. The fourth-order valence-electron chi connectivity index (χ4n) is 2.54. The van der Waals surface area contributed by atoms with Crippen LogP contribution in [0.15, 0.2) is 65.3 Å². The largest absolute Gasteiger partial charge is 0.436 e. The first-order chi connectivity index (χ1) is 10.7. The van der Waals surface area contributed by atoms with Gasteiger partial charge >= 0.3 is 0 Å². The van der Waals surface area contributed by atoms with E-state index < -0.39 is 0 Å². The van der Waals surface area contributed by atoms with E-state index in [1.807, 2.05) is 72.4 Å². The standard InChI is InChI=1S/C18H13ClN2O/c1-12-14(5-4-6-15(12)19)18-20-16-11-13(7-8-17(16)22-18)21-9-2-3-10-21/h2-11H,1H3. The molecule has 3 nitrogen and oxygen atoms in total. The summed E-state index contributed by atoms with van der Waals surface area (Å²) in [5.74, 6) is 0.597. The van der Waals surface area contributed by atoms with Gasteiger partial charge in [-0.1, -0.05) is 17.7 Å². The third-order valence-corrected chi connectivity index (χ3v) is 4.18. The van der Waals surface area contributed by atoms with Crippen molar-refractivity contribution in [2.24, 2.45) is 0 Å². The molecule has 0 aliphatic rings. The predicted octanol–water partition coefficient (Wildman–Crippen LogP) is 5.25. The topological polar surface area (TPSA) is 31.0 Å². The maximum Gasteiger partial charge on any atom is 0.227 e. The minimum atomic E-state index is 0.597. The molecule has 0 radical (unpaired) electrons. The molecule has 2 aromatic heterocycles.